The fraction of sp³-hybridized carbons (Fsp3) is 0.143. The molecule has 0 spiro atoms. The van der Waals surface area contributed by atoms with Gasteiger partial charge in [0.25, 0.3) is 0 Å². The number of rotatable bonds is 7. The van der Waals surface area contributed by atoms with Crippen LogP contribution in [0.4, 0.5) is 10.1 Å². The number of fused-ring (bicyclic) bond motifs is 1. The Morgan fingerprint density at radius 3 is 2.77 bits per heavy atom. The summed E-state index contributed by atoms with van der Waals surface area (Å²) < 4.78 is 20.3. The number of anilines is 1. The van der Waals surface area contributed by atoms with Gasteiger partial charge in [0.1, 0.15) is 22.9 Å². The third-order valence-electron chi connectivity index (χ3n) is 4.20. The lowest BCUT2D eigenvalue weighted by Gasteiger charge is -2.11. The zero-order valence-electron chi connectivity index (χ0n) is 16.1. The molecular formula is C21H18FN5O2S. The Morgan fingerprint density at radius 2 is 1.97 bits per heavy atom. The maximum Gasteiger partial charge on any atom is 0.234 e. The molecule has 0 fully saturated rings. The van der Waals surface area contributed by atoms with Crippen molar-refractivity contribution in [1.82, 2.24) is 19.7 Å². The van der Waals surface area contributed by atoms with Gasteiger partial charge < -0.3 is 10.1 Å². The molecule has 1 N–H and O–H groups in total. The van der Waals surface area contributed by atoms with E-state index in [2.05, 4.69) is 20.4 Å². The number of hydrogen-bond donors (Lipinski definition) is 1. The molecule has 1 amide bonds. The van der Waals surface area contributed by atoms with Crippen LogP contribution in [0.25, 0.3) is 16.7 Å². The predicted molar refractivity (Wildman–Crippen MR) is 114 cm³/mol. The van der Waals surface area contributed by atoms with E-state index >= 15 is 0 Å². The summed E-state index contributed by atoms with van der Waals surface area (Å²) in [5, 5.41) is 8.57. The third kappa shape index (κ3) is 4.25. The highest BCUT2D eigenvalue weighted by molar-refractivity contribution is 8.00. The summed E-state index contributed by atoms with van der Waals surface area (Å²) in [5.41, 5.74) is 1.90. The van der Waals surface area contributed by atoms with Gasteiger partial charge in [-0.1, -0.05) is 23.9 Å². The lowest BCUT2D eigenvalue weighted by Crippen LogP contribution is -2.15. The second-order valence-electron chi connectivity index (χ2n) is 6.21. The summed E-state index contributed by atoms with van der Waals surface area (Å²) in [6, 6.07) is 13.3. The zero-order chi connectivity index (χ0) is 20.9. The molecule has 7 nitrogen and oxygen atoms in total. The topological polar surface area (TPSA) is 81.9 Å². The first-order valence-corrected chi connectivity index (χ1v) is 10.2. The van der Waals surface area contributed by atoms with Gasteiger partial charge in [-0.3, -0.25) is 4.79 Å². The van der Waals surface area contributed by atoms with Crippen molar-refractivity contribution in [1.29, 1.82) is 0 Å². The van der Waals surface area contributed by atoms with E-state index in [1.807, 2.05) is 25.1 Å². The summed E-state index contributed by atoms with van der Waals surface area (Å²) in [4.78, 5) is 21.0. The molecule has 2 aromatic carbocycles. The van der Waals surface area contributed by atoms with Gasteiger partial charge in [0.15, 0.2) is 5.65 Å². The van der Waals surface area contributed by atoms with Gasteiger partial charge in [-0.2, -0.15) is 5.10 Å². The first kappa shape index (κ1) is 19.8. The number of nitrogens with zero attached hydrogens (tertiary/aromatic N) is 4. The molecule has 0 aliphatic rings. The largest absolute Gasteiger partial charge is 0.492 e. The third-order valence-corrected chi connectivity index (χ3v) is 5.21. The summed E-state index contributed by atoms with van der Waals surface area (Å²) in [7, 11) is 0. The quantitative estimate of drug-likeness (QED) is 0.356. The second-order valence-corrected chi connectivity index (χ2v) is 7.18. The summed E-state index contributed by atoms with van der Waals surface area (Å²) in [6.45, 7) is 2.40. The van der Waals surface area contributed by atoms with Crippen LogP contribution in [0.5, 0.6) is 5.75 Å². The number of thioether (sulfide) groups is 1. The van der Waals surface area contributed by atoms with Crippen molar-refractivity contribution in [3.8, 4) is 11.4 Å². The van der Waals surface area contributed by atoms with Crippen LogP contribution in [0.15, 0.2) is 66.1 Å². The molecule has 0 aliphatic carbocycles. The van der Waals surface area contributed by atoms with Crippen molar-refractivity contribution < 1.29 is 13.9 Å². The number of amides is 1. The molecule has 0 aliphatic heterocycles. The molecule has 30 heavy (non-hydrogen) atoms. The summed E-state index contributed by atoms with van der Waals surface area (Å²) in [5.74, 6) is 0.292. The number of ether oxygens (including phenoxy) is 1. The smallest absolute Gasteiger partial charge is 0.234 e. The first-order valence-electron chi connectivity index (χ1n) is 9.25. The molecule has 2 heterocycles. The van der Waals surface area contributed by atoms with Crippen molar-refractivity contribution in [2.75, 3.05) is 17.7 Å². The van der Waals surface area contributed by atoms with Gasteiger partial charge in [-0.15, -0.1) is 0 Å². The summed E-state index contributed by atoms with van der Waals surface area (Å²) >= 11 is 1.29. The Labute approximate surface area is 176 Å². The van der Waals surface area contributed by atoms with Crippen molar-refractivity contribution >= 4 is 34.4 Å². The van der Waals surface area contributed by atoms with Crippen molar-refractivity contribution in [2.45, 2.75) is 11.9 Å². The van der Waals surface area contributed by atoms with E-state index in [1.165, 1.54) is 30.2 Å². The Hall–Kier alpha value is -3.46. The fourth-order valence-electron chi connectivity index (χ4n) is 2.88. The summed E-state index contributed by atoms with van der Waals surface area (Å²) in [6.07, 6.45) is 3.07. The van der Waals surface area contributed by atoms with E-state index in [-0.39, 0.29) is 17.5 Å². The number of nitrogens with one attached hydrogen (secondary N) is 1. The van der Waals surface area contributed by atoms with E-state index in [9.17, 15) is 9.18 Å². The van der Waals surface area contributed by atoms with E-state index in [4.69, 9.17) is 4.74 Å². The predicted octanol–water partition coefficient (Wildman–Crippen LogP) is 4.08. The average molecular weight is 423 g/mol. The number of aromatic nitrogens is 4. The molecule has 0 saturated carbocycles. The highest BCUT2D eigenvalue weighted by atomic mass is 32.2. The van der Waals surface area contributed by atoms with Crippen molar-refractivity contribution in [3.05, 3.63) is 66.9 Å². The van der Waals surface area contributed by atoms with Gasteiger partial charge in [-0.05, 0) is 43.3 Å². The van der Waals surface area contributed by atoms with Gasteiger partial charge >= 0.3 is 0 Å². The van der Waals surface area contributed by atoms with Gasteiger partial charge in [0, 0.05) is 0 Å². The van der Waals surface area contributed by atoms with Crippen LogP contribution < -0.4 is 10.1 Å². The van der Waals surface area contributed by atoms with Crippen LogP contribution in [0.1, 0.15) is 6.92 Å². The molecule has 9 heteroatoms. The number of carbonyl (C=O) groups excluding carboxylic acids is 1. The van der Waals surface area contributed by atoms with Crippen LogP contribution in [0, 0.1) is 5.82 Å². The molecule has 4 aromatic rings. The standard InChI is InChI=1S/C21H18FN5O2S/c1-2-29-18-6-4-3-5-17(18)26-19(28)12-30-21-16-11-25-27(20(16)23-13-24-21)15-9-7-14(22)8-10-15/h3-11,13H,2,12H2,1H3,(H,26,28). The maximum absolute atomic E-state index is 13.2. The molecule has 4 rings (SSSR count). The van der Waals surface area contributed by atoms with E-state index in [0.717, 1.165) is 0 Å². The number of para-hydroxylation sites is 2. The number of carbonyl (C=O) groups is 1. The van der Waals surface area contributed by atoms with Gasteiger partial charge in [0.2, 0.25) is 5.91 Å². The minimum Gasteiger partial charge on any atom is -0.492 e. The van der Waals surface area contributed by atoms with Crippen molar-refractivity contribution in [2.24, 2.45) is 0 Å². The van der Waals surface area contributed by atoms with E-state index < -0.39 is 0 Å². The Morgan fingerprint density at radius 1 is 1.17 bits per heavy atom. The van der Waals surface area contributed by atoms with Crippen LogP contribution in [-0.2, 0) is 4.79 Å². The molecule has 0 radical (unpaired) electrons. The first-order chi connectivity index (χ1) is 14.7. The average Bonchev–Trinajstić information content (AvgIpc) is 3.19. The molecular weight excluding hydrogens is 405 g/mol. The molecule has 2 aromatic heterocycles. The number of halogens is 1. The molecule has 0 saturated heterocycles. The number of hydrogen-bond acceptors (Lipinski definition) is 6. The van der Waals surface area contributed by atoms with Gasteiger partial charge in [-0.25, -0.2) is 19.0 Å². The van der Waals surface area contributed by atoms with E-state index in [1.54, 1.807) is 29.1 Å². The normalized spacial score (nSPS) is 10.9. The molecule has 152 valence electrons. The maximum atomic E-state index is 13.2. The highest BCUT2D eigenvalue weighted by Gasteiger charge is 2.14. The number of benzene rings is 2. The van der Waals surface area contributed by atoms with E-state index in [0.29, 0.717) is 39.8 Å². The van der Waals surface area contributed by atoms with Gasteiger partial charge in [0.05, 0.1) is 35.3 Å². The Kier molecular flexibility index (Phi) is 5.89. The van der Waals surface area contributed by atoms with Crippen molar-refractivity contribution in [3.63, 3.8) is 0 Å². The Bertz CT molecular complexity index is 1180. The molecule has 0 unspecified atom stereocenters. The minimum absolute atomic E-state index is 0.161. The fourth-order valence-corrected chi connectivity index (χ4v) is 3.64. The second kappa shape index (κ2) is 8.91. The van der Waals surface area contributed by atoms with Crippen LogP contribution in [0.2, 0.25) is 0 Å². The Balaban J connectivity index is 1.49. The van der Waals surface area contributed by atoms with Crippen LogP contribution in [-0.4, -0.2) is 38.0 Å². The lowest BCUT2D eigenvalue weighted by atomic mass is 10.3. The zero-order valence-corrected chi connectivity index (χ0v) is 16.9. The molecule has 0 atom stereocenters. The van der Waals surface area contributed by atoms with Crippen LogP contribution in [0.3, 0.4) is 0 Å². The minimum atomic E-state index is -0.321. The monoisotopic (exact) mass is 423 g/mol. The van der Waals surface area contributed by atoms with Crippen LogP contribution >= 0.6 is 11.8 Å². The lowest BCUT2D eigenvalue weighted by molar-refractivity contribution is -0.113. The molecule has 0 bridgehead atoms. The highest BCUT2D eigenvalue weighted by Crippen LogP contribution is 2.27. The SMILES string of the molecule is CCOc1ccccc1NC(=O)CSc1ncnc2c1cnn2-c1ccc(F)cc1.